The molecule has 1 aliphatic heterocycles. The lowest BCUT2D eigenvalue weighted by atomic mass is 10.1. The van der Waals surface area contributed by atoms with Crippen molar-refractivity contribution < 1.29 is 4.92 Å². The molecule has 0 spiro atoms. The molecule has 0 aromatic carbocycles. The third kappa shape index (κ3) is 1.86. The molecular weight excluding hydrogens is 222 g/mol. The highest BCUT2D eigenvalue weighted by Crippen LogP contribution is 2.36. The lowest BCUT2D eigenvalue weighted by molar-refractivity contribution is -0.385. The maximum atomic E-state index is 11.2. The Morgan fingerprint density at radius 2 is 2.12 bits per heavy atom. The molecule has 1 aromatic heterocycles. The molecule has 1 aromatic rings. The number of nitrogens with zero attached hydrogens (tertiary/aromatic N) is 4. The topological polar surface area (TPSA) is 90.2 Å². The molecule has 2 heterocycles. The van der Waals surface area contributed by atoms with E-state index in [1.54, 1.807) is 11.7 Å². The molecule has 1 fully saturated rings. The summed E-state index contributed by atoms with van der Waals surface area (Å²) >= 11 is 0. The highest BCUT2D eigenvalue weighted by molar-refractivity contribution is 5.63. The summed E-state index contributed by atoms with van der Waals surface area (Å²) in [4.78, 5) is 12.7. The van der Waals surface area contributed by atoms with E-state index < -0.39 is 0 Å². The minimum absolute atomic E-state index is 0.0327. The zero-order valence-corrected chi connectivity index (χ0v) is 10.3. The zero-order chi connectivity index (χ0) is 12.7. The third-order valence-corrected chi connectivity index (χ3v) is 2.96. The van der Waals surface area contributed by atoms with Crippen molar-refractivity contribution >= 4 is 11.5 Å². The lowest BCUT2D eigenvalue weighted by Crippen LogP contribution is -2.56. The van der Waals surface area contributed by atoms with Gasteiger partial charge in [-0.25, -0.2) is 4.68 Å². The van der Waals surface area contributed by atoms with Crippen LogP contribution < -0.4 is 10.6 Å². The van der Waals surface area contributed by atoms with E-state index in [0.717, 1.165) is 0 Å². The van der Waals surface area contributed by atoms with E-state index in [1.807, 2.05) is 18.7 Å². The van der Waals surface area contributed by atoms with Crippen LogP contribution in [0.15, 0.2) is 0 Å². The molecule has 0 atom stereocenters. The van der Waals surface area contributed by atoms with Crippen LogP contribution in [0.5, 0.6) is 0 Å². The van der Waals surface area contributed by atoms with Gasteiger partial charge < -0.3 is 10.6 Å². The van der Waals surface area contributed by atoms with Crippen LogP contribution in [0.2, 0.25) is 0 Å². The Balaban J connectivity index is 2.46. The van der Waals surface area contributed by atoms with Crippen LogP contribution >= 0.6 is 0 Å². The van der Waals surface area contributed by atoms with E-state index >= 15 is 0 Å². The molecule has 1 aliphatic rings. The number of aromatic nitrogens is 2. The predicted octanol–water partition coefficient (Wildman–Crippen LogP) is 0.599. The first kappa shape index (κ1) is 11.8. The molecule has 0 unspecified atom stereocenters. The number of hydrogen-bond donors (Lipinski definition) is 1. The van der Waals surface area contributed by atoms with E-state index in [1.165, 1.54) is 0 Å². The Morgan fingerprint density at radius 3 is 2.53 bits per heavy atom. The first-order valence-electron chi connectivity index (χ1n) is 5.63. The predicted molar refractivity (Wildman–Crippen MR) is 64.1 cm³/mol. The Kier molecular flexibility index (Phi) is 2.78. The zero-order valence-electron chi connectivity index (χ0n) is 10.3. The fourth-order valence-electron chi connectivity index (χ4n) is 2.13. The highest BCUT2D eigenvalue weighted by atomic mass is 16.6. The Bertz CT molecular complexity index is 448. The number of hydrogen-bond acceptors (Lipinski definition) is 5. The second kappa shape index (κ2) is 3.99. The molecule has 17 heavy (non-hydrogen) atoms. The molecule has 0 aliphatic carbocycles. The van der Waals surface area contributed by atoms with E-state index in [9.17, 15) is 10.1 Å². The van der Waals surface area contributed by atoms with Crippen LogP contribution in [0.4, 0.5) is 11.5 Å². The monoisotopic (exact) mass is 239 g/mol. The largest absolute Gasteiger partial charge is 0.348 e. The van der Waals surface area contributed by atoms with Crippen molar-refractivity contribution in [2.75, 3.05) is 18.0 Å². The molecule has 1 saturated heterocycles. The summed E-state index contributed by atoms with van der Waals surface area (Å²) in [6, 6.07) is 0.104. The molecule has 2 rings (SSSR count). The van der Waals surface area contributed by atoms with Crippen LogP contribution in [0.3, 0.4) is 0 Å². The molecule has 0 saturated carbocycles. The maximum absolute atomic E-state index is 11.2. The van der Waals surface area contributed by atoms with Crippen molar-refractivity contribution in [1.82, 2.24) is 9.78 Å². The third-order valence-electron chi connectivity index (χ3n) is 2.96. The van der Waals surface area contributed by atoms with Gasteiger partial charge in [-0.2, -0.15) is 5.10 Å². The van der Waals surface area contributed by atoms with Crippen LogP contribution in [0.25, 0.3) is 0 Å². The Labute approximate surface area is 99.3 Å². The maximum Gasteiger partial charge on any atom is 0.334 e. The summed E-state index contributed by atoms with van der Waals surface area (Å²) in [7, 11) is 1.73. The first-order valence-corrected chi connectivity index (χ1v) is 5.63. The van der Waals surface area contributed by atoms with Crippen LogP contribution in [0.1, 0.15) is 25.5 Å². The van der Waals surface area contributed by atoms with Gasteiger partial charge in [-0.1, -0.05) is 13.8 Å². The van der Waals surface area contributed by atoms with Crippen molar-refractivity contribution in [3.8, 4) is 0 Å². The van der Waals surface area contributed by atoms with E-state index in [2.05, 4.69) is 5.10 Å². The van der Waals surface area contributed by atoms with Gasteiger partial charge in [0.2, 0.25) is 5.82 Å². The van der Waals surface area contributed by atoms with E-state index in [4.69, 9.17) is 5.73 Å². The lowest BCUT2D eigenvalue weighted by Gasteiger charge is -2.37. The van der Waals surface area contributed by atoms with Gasteiger partial charge >= 0.3 is 5.69 Å². The van der Waals surface area contributed by atoms with Crippen molar-refractivity contribution in [2.45, 2.75) is 25.8 Å². The van der Waals surface area contributed by atoms with Crippen LogP contribution in [0, 0.1) is 10.1 Å². The standard InChI is InChI=1S/C10H17N5O2/c1-6(2)8-9(15(16)17)10(13(3)12-8)14-4-7(11)5-14/h6-7H,4-5,11H2,1-3H3. The highest BCUT2D eigenvalue weighted by Gasteiger charge is 2.36. The van der Waals surface area contributed by atoms with Gasteiger partial charge in [-0.05, 0) is 0 Å². The van der Waals surface area contributed by atoms with Gasteiger partial charge in [0.15, 0.2) is 0 Å². The van der Waals surface area contributed by atoms with Crippen molar-refractivity contribution in [2.24, 2.45) is 12.8 Å². The van der Waals surface area contributed by atoms with Gasteiger partial charge in [-0.3, -0.25) is 10.1 Å². The molecule has 7 nitrogen and oxygen atoms in total. The van der Waals surface area contributed by atoms with Crippen LogP contribution in [-0.2, 0) is 7.05 Å². The SMILES string of the molecule is CC(C)c1nn(C)c(N2CC(N)C2)c1[N+](=O)[O-]. The van der Waals surface area contributed by atoms with Crippen molar-refractivity contribution in [1.29, 1.82) is 0 Å². The minimum atomic E-state index is -0.346. The molecule has 7 heteroatoms. The molecule has 0 radical (unpaired) electrons. The number of aryl methyl sites for hydroxylation is 1. The smallest absolute Gasteiger partial charge is 0.334 e. The van der Waals surface area contributed by atoms with Gasteiger partial charge in [0.1, 0.15) is 5.69 Å². The van der Waals surface area contributed by atoms with Crippen molar-refractivity contribution in [3.63, 3.8) is 0 Å². The summed E-state index contributed by atoms with van der Waals surface area (Å²) in [6.07, 6.45) is 0. The van der Waals surface area contributed by atoms with Crippen molar-refractivity contribution in [3.05, 3.63) is 15.8 Å². The average molecular weight is 239 g/mol. The van der Waals surface area contributed by atoms with Gasteiger partial charge in [0.05, 0.1) is 4.92 Å². The fourth-order valence-corrected chi connectivity index (χ4v) is 2.13. The number of rotatable bonds is 3. The normalized spacial score (nSPS) is 16.4. The van der Waals surface area contributed by atoms with E-state index in [-0.39, 0.29) is 22.6 Å². The summed E-state index contributed by atoms with van der Waals surface area (Å²) < 4.78 is 1.58. The summed E-state index contributed by atoms with van der Waals surface area (Å²) in [5.74, 6) is 0.602. The number of anilines is 1. The van der Waals surface area contributed by atoms with E-state index in [0.29, 0.717) is 24.6 Å². The quantitative estimate of drug-likeness (QED) is 0.616. The molecule has 0 amide bonds. The molecule has 2 N–H and O–H groups in total. The molecule has 0 bridgehead atoms. The molecular formula is C10H17N5O2. The second-order valence-corrected chi connectivity index (χ2v) is 4.76. The summed E-state index contributed by atoms with van der Waals surface area (Å²) in [6.45, 7) is 5.11. The molecule has 94 valence electrons. The summed E-state index contributed by atoms with van der Waals surface area (Å²) in [5.41, 5.74) is 6.36. The Hall–Kier alpha value is -1.63. The number of nitrogens with two attached hydrogens (primary N) is 1. The van der Waals surface area contributed by atoms with Gasteiger partial charge in [-0.15, -0.1) is 0 Å². The first-order chi connectivity index (χ1) is 7.91. The Morgan fingerprint density at radius 1 is 1.53 bits per heavy atom. The second-order valence-electron chi connectivity index (χ2n) is 4.76. The van der Waals surface area contributed by atoms with Gasteiger partial charge in [0, 0.05) is 32.1 Å². The van der Waals surface area contributed by atoms with Gasteiger partial charge in [0.25, 0.3) is 0 Å². The number of nitro groups is 1. The summed E-state index contributed by atoms with van der Waals surface area (Å²) in [5, 5.41) is 15.4. The fraction of sp³-hybridized carbons (Fsp3) is 0.700. The van der Waals surface area contributed by atoms with Crippen LogP contribution in [-0.4, -0.2) is 33.8 Å². The average Bonchev–Trinajstić information content (AvgIpc) is 2.51. The minimum Gasteiger partial charge on any atom is -0.348 e.